The molecule has 3 atom stereocenters. The van der Waals surface area contributed by atoms with E-state index in [2.05, 4.69) is 4.98 Å². The predicted molar refractivity (Wildman–Crippen MR) is 169 cm³/mol. The van der Waals surface area contributed by atoms with Crippen LogP contribution in [0.15, 0.2) is 63.5 Å². The molecule has 3 aromatic rings. The monoisotopic (exact) mass is 613 g/mol. The summed E-state index contributed by atoms with van der Waals surface area (Å²) in [5, 5.41) is 10.0. The number of carbonyl (C=O) groups is 2. The maximum absolute atomic E-state index is 13.3. The topological polar surface area (TPSA) is 145 Å². The number of aryl methyl sites for hydroxylation is 1. The summed E-state index contributed by atoms with van der Waals surface area (Å²) < 4.78 is 19.0. The number of nitrogen functional groups attached to an aromatic ring is 1. The zero-order valence-electron chi connectivity index (χ0n) is 25.9. The molecule has 1 spiro atoms. The summed E-state index contributed by atoms with van der Waals surface area (Å²) in [6.07, 6.45) is 10.2. The van der Waals surface area contributed by atoms with Crippen LogP contribution in [-0.2, 0) is 33.6 Å². The highest BCUT2D eigenvalue weighted by Gasteiger charge is 2.62. The normalized spacial score (nSPS) is 24.0. The first-order valence-electron chi connectivity index (χ1n) is 15.5. The van der Waals surface area contributed by atoms with Crippen LogP contribution in [0, 0.1) is 0 Å². The highest BCUT2D eigenvalue weighted by Crippen LogP contribution is 2.55. The van der Waals surface area contributed by atoms with Crippen LogP contribution in [0.3, 0.4) is 0 Å². The van der Waals surface area contributed by atoms with E-state index in [0.29, 0.717) is 54.0 Å². The SMILES string of the molecule is CC=C(C)C(=O)OC1(C)CC=CC(c2cc(N)ncc2CC(=O)N2CCC2)C12Cc1cc3cc(CCCO)c(=O)oc3cc1O2. The summed E-state index contributed by atoms with van der Waals surface area (Å²) in [6.45, 7) is 6.85. The molecular formula is C35H39N3O7. The number of carbonyl (C=O) groups excluding carboxylic acids is 2. The van der Waals surface area contributed by atoms with Gasteiger partial charge in [-0.3, -0.25) is 4.79 Å². The van der Waals surface area contributed by atoms with Crippen molar-refractivity contribution in [2.45, 2.75) is 76.4 Å². The van der Waals surface area contributed by atoms with Gasteiger partial charge in [-0.2, -0.15) is 0 Å². The first-order chi connectivity index (χ1) is 21.6. The number of ether oxygens (including phenoxy) is 2. The quantitative estimate of drug-likeness (QED) is 0.166. The van der Waals surface area contributed by atoms with Gasteiger partial charge in [0.1, 0.15) is 17.2 Å². The first-order valence-corrected chi connectivity index (χ1v) is 15.5. The minimum Gasteiger partial charge on any atom is -0.481 e. The minimum absolute atomic E-state index is 0.0229. The smallest absolute Gasteiger partial charge is 0.339 e. The fourth-order valence-corrected chi connectivity index (χ4v) is 6.66. The molecule has 0 bridgehead atoms. The van der Waals surface area contributed by atoms with Crippen LogP contribution in [0.1, 0.15) is 68.2 Å². The second-order valence-electron chi connectivity index (χ2n) is 12.5. The van der Waals surface area contributed by atoms with Gasteiger partial charge < -0.3 is 29.6 Å². The van der Waals surface area contributed by atoms with Gasteiger partial charge in [0.25, 0.3) is 0 Å². The van der Waals surface area contributed by atoms with Gasteiger partial charge in [0.15, 0.2) is 11.2 Å². The number of nitrogens with zero attached hydrogens (tertiary/aromatic N) is 2. The Morgan fingerprint density at radius 1 is 1.22 bits per heavy atom. The predicted octanol–water partition coefficient (Wildman–Crippen LogP) is 4.16. The molecule has 1 saturated heterocycles. The summed E-state index contributed by atoms with van der Waals surface area (Å²) in [7, 11) is 0. The summed E-state index contributed by atoms with van der Waals surface area (Å²) in [6, 6.07) is 7.27. The summed E-state index contributed by atoms with van der Waals surface area (Å²) in [5.41, 5.74) is 7.27. The van der Waals surface area contributed by atoms with Gasteiger partial charge in [-0.05, 0) is 74.9 Å². The van der Waals surface area contributed by atoms with E-state index < -0.39 is 28.7 Å². The van der Waals surface area contributed by atoms with E-state index in [0.717, 1.165) is 41.6 Å². The van der Waals surface area contributed by atoms with Crippen molar-refractivity contribution in [1.82, 2.24) is 9.88 Å². The fourth-order valence-electron chi connectivity index (χ4n) is 6.66. The Hall–Kier alpha value is -4.44. The number of esters is 1. The summed E-state index contributed by atoms with van der Waals surface area (Å²) in [4.78, 5) is 45.3. The summed E-state index contributed by atoms with van der Waals surface area (Å²) >= 11 is 0. The van der Waals surface area contributed by atoms with Crippen LogP contribution < -0.4 is 16.1 Å². The number of allylic oxidation sites excluding steroid dienone is 1. The molecule has 0 radical (unpaired) electrons. The van der Waals surface area contributed by atoms with E-state index >= 15 is 0 Å². The number of pyridine rings is 1. The van der Waals surface area contributed by atoms with Crippen molar-refractivity contribution >= 4 is 28.7 Å². The van der Waals surface area contributed by atoms with Gasteiger partial charge in [-0.25, -0.2) is 14.6 Å². The number of anilines is 1. The van der Waals surface area contributed by atoms with Crippen molar-refractivity contribution < 1.29 is 28.6 Å². The first kappa shape index (κ1) is 30.6. The van der Waals surface area contributed by atoms with Crippen LogP contribution in [0.2, 0.25) is 0 Å². The van der Waals surface area contributed by atoms with Crippen molar-refractivity contribution in [1.29, 1.82) is 0 Å². The molecule has 3 aliphatic rings. The van der Waals surface area contributed by atoms with E-state index in [1.165, 1.54) is 0 Å². The zero-order valence-corrected chi connectivity index (χ0v) is 25.9. The molecule has 1 amide bonds. The minimum atomic E-state index is -1.14. The second-order valence-corrected chi connectivity index (χ2v) is 12.5. The number of aliphatic hydroxyl groups is 1. The van der Waals surface area contributed by atoms with Crippen LogP contribution in [0.25, 0.3) is 11.0 Å². The van der Waals surface area contributed by atoms with E-state index in [4.69, 9.17) is 19.6 Å². The standard InChI is InChI=1S/C35H39N3O7/c1-4-21(2)32(41)45-34(3)10-5-9-27(26-17-30(36)37-20-25(26)16-31(40)38-11-7-12-38)35(34)19-24-15-23-14-22(8-6-13-39)33(42)43-28(23)18-29(24)44-35/h4-5,9,14-15,17-18,20,27,39H,6-8,10-13,16,19H2,1-3H3,(H2,36,37). The van der Waals surface area contributed by atoms with Gasteiger partial charge in [0, 0.05) is 67.2 Å². The fraction of sp³-hybridized carbons (Fsp3) is 0.429. The number of aliphatic hydroxyl groups excluding tert-OH is 1. The molecule has 236 valence electrons. The Kier molecular flexibility index (Phi) is 8.03. The third-order valence-electron chi connectivity index (χ3n) is 9.57. The Labute approximate surface area is 261 Å². The van der Waals surface area contributed by atoms with Gasteiger partial charge >= 0.3 is 11.6 Å². The maximum Gasteiger partial charge on any atom is 0.339 e. The van der Waals surface area contributed by atoms with E-state index in [9.17, 15) is 19.5 Å². The Morgan fingerprint density at radius 3 is 2.73 bits per heavy atom. The largest absolute Gasteiger partial charge is 0.481 e. The lowest BCUT2D eigenvalue weighted by atomic mass is 9.64. The molecule has 2 aliphatic heterocycles. The van der Waals surface area contributed by atoms with Crippen molar-refractivity contribution in [2.75, 3.05) is 25.4 Å². The number of hydrogen-bond donors (Lipinski definition) is 2. The number of fused-ring (bicyclic) bond motifs is 2. The Morgan fingerprint density at radius 2 is 2.02 bits per heavy atom. The van der Waals surface area contributed by atoms with Crippen LogP contribution in [-0.4, -0.2) is 57.8 Å². The molecule has 0 saturated carbocycles. The highest BCUT2D eigenvalue weighted by atomic mass is 16.6. The molecule has 45 heavy (non-hydrogen) atoms. The van der Waals surface area contributed by atoms with E-state index in [-0.39, 0.29) is 18.9 Å². The van der Waals surface area contributed by atoms with Gasteiger partial charge in [0.2, 0.25) is 5.91 Å². The third kappa shape index (κ3) is 5.41. The van der Waals surface area contributed by atoms with E-state index in [1.54, 1.807) is 44.3 Å². The Bertz CT molecular complexity index is 1790. The molecule has 2 aromatic heterocycles. The van der Waals surface area contributed by atoms with Crippen molar-refractivity contribution in [3.63, 3.8) is 0 Å². The zero-order chi connectivity index (χ0) is 31.9. The van der Waals surface area contributed by atoms with Gasteiger partial charge in [-0.15, -0.1) is 0 Å². The third-order valence-corrected chi connectivity index (χ3v) is 9.57. The van der Waals surface area contributed by atoms with Crippen LogP contribution >= 0.6 is 0 Å². The average molecular weight is 614 g/mol. The van der Waals surface area contributed by atoms with Crippen LogP contribution in [0.5, 0.6) is 5.75 Å². The molecule has 10 nitrogen and oxygen atoms in total. The molecule has 10 heteroatoms. The van der Waals surface area contributed by atoms with Gasteiger partial charge in [-0.1, -0.05) is 18.2 Å². The molecular weight excluding hydrogens is 574 g/mol. The molecule has 1 fully saturated rings. The summed E-state index contributed by atoms with van der Waals surface area (Å²) in [5.74, 6) is -0.0580. The number of nitrogens with two attached hydrogens (primary N) is 1. The molecule has 4 heterocycles. The van der Waals surface area contributed by atoms with Crippen molar-refractivity contribution in [3.05, 3.63) is 86.9 Å². The lowest BCUT2D eigenvalue weighted by molar-refractivity contribution is -0.182. The number of aromatic nitrogens is 1. The molecule has 3 unspecified atom stereocenters. The lowest BCUT2D eigenvalue weighted by Gasteiger charge is -2.50. The second kappa shape index (κ2) is 11.8. The average Bonchev–Trinajstić information content (AvgIpc) is 3.35. The van der Waals surface area contributed by atoms with Crippen LogP contribution in [0.4, 0.5) is 5.82 Å². The number of hydrogen-bond acceptors (Lipinski definition) is 9. The number of likely N-dealkylation sites (tertiary alicyclic amines) is 1. The molecule has 1 aromatic carbocycles. The molecule has 1 aliphatic carbocycles. The Balaban J connectivity index is 1.48. The van der Waals surface area contributed by atoms with E-state index in [1.807, 2.05) is 30.0 Å². The molecule has 6 rings (SSSR count). The van der Waals surface area contributed by atoms with Crippen molar-refractivity contribution in [2.24, 2.45) is 0 Å². The maximum atomic E-state index is 13.3. The number of rotatable bonds is 8. The lowest BCUT2D eigenvalue weighted by Crippen LogP contribution is -2.62. The number of amides is 1. The molecule has 3 N–H and O–H groups in total. The van der Waals surface area contributed by atoms with Crippen molar-refractivity contribution in [3.8, 4) is 5.75 Å². The number of benzene rings is 1. The highest BCUT2D eigenvalue weighted by molar-refractivity contribution is 5.88. The van der Waals surface area contributed by atoms with Gasteiger partial charge in [0.05, 0.1) is 6.42 Å².